The van der Waals surface area contributed by atoms with Crippen molar-refractivity contribution < 1.29 is 9.53 Å². The van der Waals surface area contributed by atoms with Crippen LogP contribution in [0.2, 0.25) is 0 Å². The van der Waals surface area contributed by atoms with Crippen molar-refractivity contribution in [2.75, 3.05) is 24.3 Å². The Hall–Kier alpha value is -3.34. The fourth-order valence-electron chi connectivity index (χ4n) is 2.82. The van der Waals surface area contributed by atoms with Gasteiger partial charge in [0.2, 0.25) is 5.91 Å². The van der Waals surface area contributed by atoms with Crippen LogP contribution in [0.4, 0.5) is 11.5 Å². The number of pyridine rings is 1. The molecule has 1 amide bonds. The van der Waals surface area contributed by atoms with Crippen LogP contribution in [0.5, 0.6) is 5.75 Å². The summed E-state index contributed by atoms with van der Waals surface area (Å²) in [6.07, 6.45) is 3.80. The maximum Gasteiger partial charge on any atom is 0.225 e. The number of hydrogen-bond donors (Lipinski definition) is 2. The Bertz CT molecular complexity index is 863. The maximum absolute atomic E-state index is 12.1. The molecular weight excluding hydrogens is 350 g/mol. The zero-order chi connectivity index (χ0) is 19.6. The number of nitrogens with zero attached hydrogens (tertiary/aromatic N) is 1. The second kappa shape index (κ2) is 10.1. The molecule has 0 aliphatic rings. The van der Waals surface area contributed by atoms with Crippen LogP contribution in [-0.4, -0.2) is 24.5 Å². The van der Waals surface area contributed by atoms with E-state index in [0.717, 1.165) is 36.4 Å². The summed E-state index contributed by atoms with van der Waals surface area (Å²) >= 11 is 0. The van der Waals surface area contributed by atoms with E-state index in [9.17, 15) is 4.79 Å². The number of aryl methyl sites for hydroxylation is 1. The summed E-state index contributed by atoms with van der Waals surface area (Å²) in [5.41, 5.74) is 3.32. The quantitative estimate of drug-likeness (QED) is 0.585. The summed E-state index contributed by atoms with van der Waals surface area (Å²) in [6, 6.07) is 21.8. The minimum Gasteiger partial charge on any atom is -0.497 e. The van der Waals surface area contributed by atoms with Gasteiger partial charge in [0.05, 0.1) is 19.0 Å². The Kier molecular flexibility index (Phi) is 7.01. The predicted molar refractivity (Wildman–Crippen MR) is 113 cm³/mol. The number of benzene rings is 2. The molecule has 2 aromatic carbocycles. The van der Waals surface area contributed by atoms with Crippen molar-refractivity contribution in [3.05, 3.63) is 84.1 Å². The van der Waals surface area contributed by atoms with E-state index in [1.165, 1.54) is 5.56 Å². The maximum atomic E-state index is 12.1. The molecule has 144 valence electrons. The smallest absolute Gasteiger partial charge is 0.225 e. The van der Waals surface area contributed by atoms with Crippen LogP contribution in [0.15, 0.2) is 72.9 Å². The number of methoxy groups -OCH3 is 1. The fourth-order valence-corrected chi connectivity index (χ4v) is 2.82. The zero-order valence-electron chi connectivity index (χ0n) is 16.0. The molecule has 1 heterocycles. The molecule has 0 aliphatic carbocycles. The van der Waals surface area contributed by atoms with Gasteiger partial charge in [0, 0.05) is 13.0 Å². The molecule has 28 heavy (non-hydrogen) atoms. The molecule has 0 atom stereocenters. The van der Waals surface area contributed by atoms with Crippen LogP contribution < -0.4 is 15.4 Å². The topological polar surface area (TPSA) is 63.2 Å². The Morgan fingerprint density at radius 2 is 1.68 bits per heavy atom. The van der Waals surface area contributed by atoms with Crippen molar-refractivity contribution >= 4 is 17.4 Å². The van der Waals surface area contributed by atoms with Crippen molar-refractivity contribution in [3.8, 4) is 5.75 Å². The number of amides is 1. The Morgan fingerprint density at radius 3 is 2.36 bits per heavy atom. The number of hydrogen-bond acceptors (Lipinski definition) is 4. The van der Waals surface area contributed by atoms with E-state index >= 15 is 0 Å². The lowest BCUT2D eigenvalue weighted by Crippen LogP contribution is -2.13. The number of aromatic nitrogens is 1. The number of ether oxygens (including phenoxy) is 1. The van der Waals surface area contributed by atoms with E-state index in [1.54, 1.807) is 13.3 Å². The summed E-state index contributed by atoms with van der Waals surface area (Å²) in [5.74, 6) is 1.40. The van der Waals surface area contributed by atoms with Crippen LogP contribution in [0.1, 0.15) is 17.5 Å². The molecule has 5 heteroatoms. The lowest BCUT2D eigenvalue weighted by atomic mass is 10.1. The molecule has 0 fully saturated rings. The van der Waals surface area contributed by atoms with Crippen molar-refractivity contribution in [3.63, 3.8) is 0 Å². The first-order chi connectivity index (χ1) is 13.7. The third-order valence-electron chi connectivity index (χ3n) is 4.42. The third kappa shape index (κ3) is 6.13. The molecule has 0 unspecified atom stereocenters. The molecule has 3 aromatic rings. The second-order valence-corrected chi connectivity index (χ2v) is 6.49. The number of nitrogens with one attached hydrogen (secondary N) is 2. The minimum absolute atomic E-state index is 0.0310. The van der Waals surface area contributed by atoms with Gasteiger partial charge in [0.1, 0.15) is 11.6 Å². The van der Waals surface area contributed by atoms with E-state index in [2.05, 4.69) is 27.8 Å². The minimum atomic E-state index is -0.0310. The molecule has 0 radical (unpaired) electrons. The average Bonchev–Trinajstić information content (AvgIpc) is 2.75. The number of anilines is 2. The molecule has 0 saturated heterocycles. The van der Waals surface area contributed by atoms with Crippen molar-refractivity contribution in [1.29, 1.82) is 0 Å². The van der Waals surface area contributed by atoms with Gasteiger partial charge in [-0.3, -0.25) is 4.79 Å². The van der Waals surface area contributed by atoms with Gasteiger partial charge in [-0.1, -0.05) is 42.5 Å². The highest BCUT2D eigenvalue weighted by Crippen LogP contribution is 2.13. The highest BCUT2D eigenvalue weighted by molar-refractivity contribution is 5.89. The van der Waals surface area contributed by atoms with E-state index in [1.807, 2.05) is 54.6 Å². The SMILES string of the molecule is COc1ccc(CCNc2ccc(NC(=O)CCc3ccccc3)nc2)cc1. The standard InChI is InChI=1S/C23H25N3O2/c1-28-21-11-7-19(8-12-21)15-16-24-20-10-13-22(25-17-20)26-23(27)14-9-18-5-3-2-4-6-18/h2-8,10-13,17,24H,9,14-16H2,1H3,(H,25,26,27). The van der Waals surface area contributed by atoms with Crippen molar-refractivity contribution in [2.24, 2.45) is 0 Å². The van der Waals surface area contributed by atoms with Crippen LogP contribution >= 0.6 is 0 Å². The van der Waals surface area contributed by atoms with Gasteiger partial charge < -0.3 is 15.4 Å². The summed E-state index contributed by atoms with van der Waals surface area (Å²) in [7, 11) is 1.67. The predicted octanol–water partition coefficient (Wildman–Crippen LogP) is 4.32. The van der Waals surface area contributed by atoms with E-state index in [4.69, 9.17) is 4.74 Å². The van der Waals surface area contributed by atoms with Gasteiger partial charge in [-0.2, -0.15) is 0 Å². The summed E-state index contributed by atoms with van der Waals surface area (Å²) < 4.78 is 5.17. The summed E-state index contributed by atoms with van der Waals surface area (Å²) in [5, 5.41) is 6.18. The third-order valence-corrected chi connectivity index (χ3v) is 4.42. The van der Waals surface area contributed by atoms with E-state index in [0.29, 0.717) is 12.2 Å². The molecule has 5 nitrogen and oxygen atoms in total. The molecule has 0 saturated carbocycles. The summed E-state index contributed by atoms with van der Waals surface area (Å²) in [6.45, 7) is 0.802. The van der Waals surface area contributed by atoms with Crippen LogP contribution in [0, 0.1) is 0 Å². The molecular formula is C23H25N3O2. The van der Waals surface area contributed by atoms with Gasteiger partial charge in [0.25, 0.3) is 0 Å². The van der Waals surface area contributed by atoms with Gasteiger partial charge in [-0.15, -0.1) is 0 Å². The van der Waals surface area contributed by atoms with Crippen LogP contribution in [-0.2, 0) is 17.6 Å². The number of carbonyl (C=O) groups is 1. The molecule has 0 bridgehead atoms. The largest absolute Gasteiger partial charge is 0.497 e. The lowest BCUT2D eigenvalue weighted by molar-refractivity contribution is -0.116. The first-order valence-corrected chi connectivity index (χ1v) is 9.39. The van der Waals surface area contributed by atoms with Crippen LogP contribution in [0.3, 0.4) is 0 Å². The Balaban J connectivity index is 1.40. The van der Waals surface area contributed by atoms with E-state index in [-0.39, 0.29) is 5.91 Å². The number of carbonyl (C=O) groups excluding carboxylic acids is 1. The molecule has 0 spiro atoms. The highest BCUT2D eigenvalue weighted by Gasteiger charge is 2.04. The first-order valence-electron chi connectivity index (χ1n) is 9.39. The van der Waals surface area contributed by atoms with Crippen molar-refractivity contribution in [2.45, 2.75) is 19.3 Å². The normalized spacial score (nSPS) is 10.3. The first kappa shape index (κ1) is 19.4. The Labute approximate surface area is 165 Å². The van der Waals surface area contributed by atoms with Crippen molar-refractivity contribution in [1.82, 2.24) is 4.98 Å². The summed E-state index contributed by atoms with van der Waals surface area (Å²) in [4.78, 5) is 16.4. The van der Waals surface area contributed by atoms with Gasteiger partial charge in [-0.25, -0.2) is 4.98 Å². The van der Waals surface area contributed by atoms with Gasteiger partial charge in [0.15, 0.2) is 0 Å². The van der Waals surface area contributed by atoms with Crippen LogP contribution in [0.25, 0.3) is 0 Å². The Morgan fingerprint density at radius 1 is 0.929 bits per heavy atom. The molecule has 2 N–H and O–H groups in total. The zero-order valence-corrected chi connectivity index (χ0v) is 16.0. The van der Waals surface area contributed by atoms with Gasteiger partial charge in [-0.05, 0) is 48.2 Å². The molecule has 3 rings (SSSR count). The number of rotatable bonds is 9. The van der Waals surface area contributed by atoms with E-state index < -0.39 is 0 Å². The second-order valence-electron chi connectivity index (χ2n) is 6.49. The van der Waals surface area contributed by atoms with Gasteiger partial charge >= 0.3 is 0 Å². The lowest BCUT2D eigenvalue weighted by Gasteiger charge is -2.08. The molecule has 0 aliphatic heterocycles. The molecule has 1 aromatic heterocycles. The monoisotopic (exact) mass is 375 g/mol. The fraction of sp³-hybridized carbons (Fsp3) is 0.217. The average molecular weight is 375 g/mol. The highest BCUT2D eigenvalue weighted by atomic mass is 16.5.